The van der Waals surface area contributed by atoms with Crippen molar-refractivity contribution in [2.24, 2.45) is 0 Å². The van der Waals surface area contributed by atoms with Crippen molar-refractivity contribution in [1.82, 2.24) is 14.7 Å². The largest absolute Gasteiger partial charge is 0.425 e. The topological polar surface area (TPSA) is 88.0 Å². The molecule has 0 saturated heterocycles. The van der Waals surface area contributed by atoms with E-state index in [1.807, 2.05) is 6.07 Å². The Hall–Kier alpha value is -2.15. The van der Waals surface area contributed by atoms with Crippen LogP contribution in [0.15, 0.2) is 38.5 Å². The van der Waals surface area contributed by atoms with E-state index in [0.29, 0.717) is 20.2 Å². The molecule has 0 aliphatic rings. The zero-order valence-corrected chi connectivity index (χ0v) is 10.4. The molecule has 3 rings (SSSR count). The molecule has 0 atom stereocenters. The number of hydrogen-bond acceptors (Lipinski definition) is 4. The number of aromatic amines is 1. The highest BCUT2D eigenvalue weighted by Gasteiger charge is 2.12. The number of aromatic nitrogens is 3. The van der Waals surface area contributed by atoms with Gasteiger partial charge in [0.25, 0.3) is 0 Å². The number of fused-ring (bicyclic) bond motifs is 3. The van der Waals surface area contributed by atoms with Crippen LogP contribution >= 0.6 is 15.9 Å². The van der Waals surface area contributed by atoms with Gasteiger partial charge >= 0.3 is 11.1 Å². The summed E-state index contributed by atoms with van der Waals surface area (Å²) in [5.41, 5.74) is -0.899. The van der Waals surface area contributed by atoms with Crippen molar-refractivity contribution in [2.75, 3.05) is 0 Å². The average molecular weight is 308 g/mol. The fourth-order valence-corrected chi connectivity index (χ4v) is 2.39. The number of benzene rings is 1. The highest BCUT2D eigenvalue weighted by Crippen LogP contribution is 2.27. The van der Waals surface area contributed by atoms with Crippen molar-refractivity contribution < 1.29 is 5.21 Å². The van der Waals surface area contributed by atoms with Gasteiger partial charge in [0.1, 0.15) is 5.52 Å². The van der Waals surface area contributed by atoms with Crippen LogP contribution in [0.3, 0.4) is 0 Å². The molecule has 0 aliphatic heterocycles. The number of rotatable bonds is 0. The minimum absolute atomic E-state index is 0.192. The fourth-order valence-electron chi connectivity index (χ4n) is 1.85. The first-order valence-corrected chi connectivity index (χ1v) is 5.80. The molecule has 2 aromatic heterocycles. The van der Waals surface area contributed by atoms with Crippen molar-refractivity contribution in [3.8, 4) is 0 Å². The minimum atomic E-state index is -1.02. The number of nitrogens with one attached hydrogen (secondary N) is 1. The van der Waals surface area contributed by atoms with Gasteiger partial charge in [-0.1, -0.05) is 22.0 Å². The van der Waals surface area contributed by atoms with E-state index in [1.54, 1.807) is 18.3 Å². The normalized spacial score (nSPS) is 11.2. The Morgan fingerprint density at radius 1 is 1.39 bits per heavy atom. The minimum Gasteiger partial charge on any atom is -0.425 e. The van der Waals surface area contributed by atoms with Crippen LogP contribution in [0, 0.1) is 0 Å². The molecule has 3 aromatic rings. The second kappa shape index (κ2) is 3.67. The number of H-pyrrole nitrogens is 1. The zero-order valence-electron chi connectivity index (χ0n) is 8.85. The third kappa shape index (κ3) is 1.37. The van der Waals surface area contributed by atoms with Gasteiger partial charge in [-0.2, -0.15) is 0 Å². The maximum absolute atomic E-state index is 11.4. The van der Waals surface area contributed by atoms with Gasteiger partial charge in [-0.05, 0) is 12.1 Å². The highest BCUT2D eigenvalue weighted by molar-refractivity contribution is 9.10. The van der Waals surface area contributed by atoms with Crippen LogP contribution < -0.4 is 11.1 Å². The lowest BCUT2D eigenvalue weighted by Crippen LogP contribution is -2.35. The lowest BCUT2D eigenvalue weighted by atomic mass is 10.2. The molecular formula is C11H6BrN3O3. The fraction of sp³-hybridized carbons (Fsp3) is 0. The van der Waals surface area contributed by atoms with Gasteiger partial charge in [0, 0.05) is 16.1 Å². The van der Waals surface area contributed by atoms with Crippen molar-refractivity contribution in [1.29, 1.82) is 0 Å². The highest BCUT2D eigenvalue weighted by atomic mass is 79.9. The summed E-state index contributed by atoms with van der Waals surface area (Å²) in [4.78, 5) is 29.3. The lowest BCUT2D eigenvalue weighted by molar-refractivity contribution is 0.187. The maximum atomic E-state index is 11.4. The molecule has 2 N–H and O–H groups in total. The maximum Gasteiger partial charge on any atom is 0.348 e. The van der Waals surface area contributed by atoms with Crippen molar-refractivity contribution in [2.45, 2.75) is 0 Å². The van der Waals surface area contributed by atoms with Crippen LogP contribution in [0.5, 0.6) is 0 Å². The molecule has 0 spiro atoms. The van der Waals surface area contributed by atoms with Gasteiger partial charge in [-0.25, -0.2) is 0 Å². The van der Waals surface area contributed by atoms with Crippen molar-refractivity contribution in [3.63, 3.8) is 0 Å². The van der Waals surface area contributed by atoms with E-state index in [-0.39, 0.29) is 5.52 Å². The molecule has 2 heterocycles. The summed E-state index contributed by atoms with van der Waals surface area (Å²) >= 11 is 3.34. The van der Waals surface area contributed by atoms with Crippen molar-refractivity contribution >= 4 is 37.9 Å². The Balaban J connectivity index is 2.73. The summed E-state index contributed by atoms with van der Waals surface area (Å²) in [6, 6.07) is 5.12. The summed E-state index contributed by atoms with van der Waals surface area (Å²) in [6.07, 6.45) is 1.57. The third-order valence-electron chi connectivity index (χ3n) is 2.67. The Bertz CT molecular complexity index is 898. The van der Waals surface area contributed by atoms with E-state index in [0.717, 1.165) is 5.39 Å². The van der Waals surface area contributed by atoms with Crippen LogP contribution in [-0.4, -0.2) is 19.9 Å². The van der Waals surface area contributed by atoms with Gasteiger partial charge in [-0.15, -0.1) is 4.73 Å². The second-order valence-electron chi connectivity index (χ2n) is 3.72. The third-order valence-corrected chi connectivity index (χ3v) is 3.33. The first-order chi connectivity index (χ1) is 8.59. The molecule has 0 amide bonds. The molecule has 7 heteroatoms. The summed E-state index contributed by atoms with van der Waals surface area (Å²) < 4.78 is 1.000. The van der Waals surface area contributed by atoms with Crippen LogP contribution in [0.4, 0.5) is 0 Å². The molecule has 0 unspecified atom stereocenters. The Labute approximate surface area is 108 Å². The van der Waals surface area contributed by atoms with Crippen LogP contribution in [0.1, 0.15) is 0 Å². The zero-order chi connectivity index (χ0) is 12.9. The smallest absolute Gasteiger partial charge is 0.348 e. The Morgan fingerprint density at radius 2 is 2.17 bits per heavy atom. The van der Waals surface area contributed by atoms with Crippen LogP contribution in [0.25, 0.3) is 21.9 Å². The predicted octanol–water partition coefficient (Wildman–Crippen LogP) is 1.24. The van der Waals surface area contributed by atoms with Crippen LogP contribution in [0.2, 0.25) is 0 Å². The summed E-state index contributed by atoms with van der Waals surface area (Å²) in [5, 5.41) is 10.4. The Morgan fingerprint density at radius 3 is 2.94 bits per heavy atom. The summed E-state index contributed by atoms with van der Waals surface area (Å²) in [5.74, 6) is 0. The molecular weight excluding hydrogens is 302 g/mol. The quantitative estimate of drug-likeness (QED) is 0.371. The second-order valence-corrected chi connectivity index (χ2v) is 4.58. The SMILES string of the molecule is O=c1[nH]c2c3ncccc3c(Br)cc2n(O)c1=O. The van der Waals surface area contributed by atoms with Gasteiger partial charge in [0.15, 0.2) is 0 Å². The molecule has 6 nitrogen and oxygen atoms in total. The number of nitrogens with zero attached hydrogens (tertiary/aromatic N) is 2. The lowest BCUT2D eigenvalue weighted by Gasteiger charge is -2.06. The molecule has 18 heavy (non-hydrogen) atoms. The van der Waals surface area contributed by atoms with Crippen molar-refractivity contribution in [3.05, 3.63) is 49.6 Å². The van der Waals surface area contributed by atoms with E-state index < -0.39 is 11.1 Å². The first kappa shape index (κ1) is 11.0. The molecule has 0 bridgehead atoms. The number of halogens is 1. The molecule has 0 radical (unpaired) electrons. The monoisotopic (exact) mass is 307 g/mol. The van der Waals surface area contributed by atoms with Gasteiger partial charge in [0.2, 0.25) is 0 Å². The van der Waals surface area contributed by atoms with Gasteiger partial charge in [-0.3, -0.25) is 14.6 Å². The number of pyridine rings is 1. The van der Waals surface area contributed by atoms with E-state index in [9.17, 15) is 14.8 Å². The van der Waals surface area contributed by atoms with E-state index in [1.165, 1.54) is 0 Å². The van der Waals surface area contributed by atoms with E-state index in [4.69, 9.17) is 0 Å². The first-order valence-electron chi connectivity index (χ1n) is 5.01. The van der Waals surface area contributed by atoms with Gasteiger partial charge < -0.3 is 10.2 Å². The standard InChI is InChI=1S/C11H6BrN3O3/c12-6-4-7-9(8-5(6)2-1-3-13-8)14-10(16)11(17)15(7)18/h1-4,18H,(H,14,16). The summed E-state index contributed by atoms with van der Waals surface area (Å²) in [7, 11) is 0. The van der Waals surface area contributed by atoms with E-state index >= 15 is 0 Å². The summed E-state index contributed by atoms with van der Waals surface area (Å²) in [6.45, 7) is 0. The average Bonchev–Trinajstić information content (AvgIpc) is 2.38. The molecule has 1 aromatic carbocycles. The molecule has 0 fully saturated rings. The molecule has 90 valence electrons. The molecule has 0 aliphatic carbocycles. The molecule has 0 saturated carbocycles. The predicted molar refractivity (Wildman–Crippen MR) is 69.0 cm³/mol. The van der Waals surface area contributed by atoms with E-state index in [2.05, 4.69) is 25.9 Å². The Kier molecular flexibility index (Phi) is 2.24. The van der Waals surface area contributed by atoms with Crippen LogP contribution in [-0.2, 0) is 0 Å². The number of hydrogen-bond donors (Lipinski definition) is 2. The van der Waals surface area contributed by atoms with Gasteiger partial charge in [0.05, 0.1) is 11.0 Å².